The monoisotopic (exact) mass is 181 g/mol. The molecule has 0 aliphatic carbocycles. The summed E-state index contributed by atoms with van der Waals surface area (Å²) in [5.74, 6) is 0. The standard InChI is InChI=1S/C9H15N3O/c1-12-7-8(6-11-12)9(13)2-4-10-5-3-9/h6-7,10,13H,2-5H2,1H3. The molecule has 0 amide bonds. The molecule has 1 aromatic rings. The summed E-state index contributed by atoms with van der Waals surface area (Å²) in [7, 11) is 1.87. The first kappa shape index (κ1) is 8.72. The quantitative estimate of drug-likeness (QED) is 0.640. The predicted molar refractivity (Wildman–Crippen MR) is 49.2 cm³/mol. The van der Waals surface area contributed by atoms with Crippen LogP contribution in [0.4, 0.5) is 0 Å². The molecule has 2 heterocycles. The lowest BCUT2D eigenvalue weighted by Gasteiger charge is -2.31. The normalized spacial score (nSPS) is 21.7. The Labute approximate surface area is 77.6 Å². The highest BCUT2D eigenvalue weighted by Crippen LogP contribution is 2.29. The van der Waals surface area contributed by atoms with E-state index in [1.807, 2.05) is 13.2 Å². The molecule has 0 bridgehead atoms. The fraction of sp³-hybridized carbons (Fsp3) is 0.667. The Hall–Kier alpha value is -0.870. The van der Waals surface area contributed by atoms with E-state index in [9.17, 15) is 5.11 Å². The second kappa shape index (κ2) is 3.12. The van der Waals surface area contributed by atoms with Crippen molar-refractivity contribution in [2.24, 2.45) is 7.05 Å². The van der Waals surface area contributed by atoms with Crippen molar-refractivity contribution in [2.45, 2.75) is 18.4 Å². The molecule has 2 N–H and O–H groups in total. The number of hydrogen-bond donors (Lipinski definition) is 2. The molecule has 0 radical (unpaired) electrons. The summed E-state index contributed by atoms with van der Waals surface area (Å²) in [6, 6.07) is 0. The van der Waals surface area contributed by atoms with Gasteiger partial charge in [-0.05, 0) is 25.9 Å². The van der Waals surface area contributed by atoms with E-state index in [0.717, 1.165) is 31.5 Å². The molecule has 1 saturated heterocycles. The molecule has 2 rings (SSSR count). The summed E-state index contributed by atoms with van der Waals surface area (Å²) < 4.78 is 1.73. The summed E-state index contributed by atoms with van der Waals surface area (Å²) >= 11 is 0. The molecule has 0 unspecified atom stereocenters. The lowest BCUT2D eigenvalue weighted by molar-refractivity contribution is 0.00588. The molecule has 0 spiro atoms. The van der Waals surface area contributed by atoms with Gasteiger partial charge in [0.05, 0.1) is 11.8 Å². The van der Waals surface area contributed by atoms with Crippen LogP contribution in [-0.4, -0.2) is 28.0 Å². The number of nitrogens with zero attached hydrogens (tertiary/aromatic N) is 2. The van der Waals surface area contributed by atoms with Crippen molar-refractivity contribution in [3.63, 3.8) is 0 Å². The molecule has 13 heavy (non-hydrogen) atoms. The topological polar surface area (TPSA) is 50.1 Å². The maximum atomic E-state index is 10.3. The van der Waals surface area contributed by atoms with Crippen molar-refractivity contribution in [1.82, 2.24) is 15.1 Å². The Kier molecular flexibility index (Phi) is 2.09. The number of aliphatic hydroxyl groups is 1. The van der Waals surface area contributed by atoms with Crippen LogP contribution in [0, 0.1) is 0 Å². The SMILES string of the molecule is Cn1cc(C2(O)CCNCC2)cn1. The first-order valence-corrected chi connectivity index (χ1v) is 4.63. The second-order valence-corrected chi connectivity index (χ2v) is 3.68. The minimum Gasteiger partial charge on any atom is -0.385 e. The average molecular weight is 181 g/mol. The number of piperidine rings is 1. The minimum atomic E-state index is -0.653. The lowest BCUT2D eigenvalue weighted by Crippen LogP contribution is -2.39. The van der Waals surface area contributed by atoms with Crippen LogP contribution < -0.4 is 5.32 Å². The van der Waals surface area contributed by atoms with Gasteiger partial charge in [0.1, 0.15) is 0 Å². The van der Waals surface area contributed by atoms with Gasteiger partial charge in [0.2, 0.25) is 0 Å². The van der Waals surface area contributed by atoms with Crippen LogP contribution in [0.5, 0.6) is 0 Å². The molecule has 4 heteroatoms. The van der Waals surface area contributed by atoms with Gasteiger partial charge in [0.25, 0.3) is 0 Å². The van der Waals surface area contributed by atoms with Crippen LogP contribution in [-0.2, 0) is 12.6 Å². The summed E-state index contributed by atoms with van der Waals surface area (Å²) in [5, 5.41) is 17.6. The van der Waals surface area contributed by atoms with Gasteiger partial charge in [-0.25, -0.2) is 0 Å². The fourth-order valence-electron chi connectivity index (χ4n) is 1.79. The fourth-order valence-corrected chi connectivity index (χ4v) is 1.79. The van der Waals surface area contributed by atoms with E-state index in [4.69, 9.17) is 0 Å². The van der Waals surface area contributed by atoms with Crippen LogP contribution in [0.25, 0.3) is 0 Å². The molecule has 1 fully saturated rings. The van der Waals surface area contributed by atoms with Gasteiger partial charge in [0, 0.05) is 18.8 Å². The third-order valence-electron chi connectivity index (χ3n) is 2.67. The van der Waals surface area contributed by atoms with Crippen molar-refractivity contribution in [1.29, 1.82) is 0 Å². The molecule has 1 aliphatic rings. The van der Waals surface area contributed by atoms with Gasteiger partial charge in [-0.2, -0.15) is 5.10 Å². The highest BCUT2D eigenvalue weighted by Gasteiger charge is 2.31. The van der Waals surface area contributed by atoms with Crippen molar-refractivity contribution >= 4 is 0 Å². The Bertz CT molecular complexity index is 289. The number of nitrogens with one attached hydrogen (secondary N) is 1. The summed E-state index contributed by atoms with van der Waals surface area (Å²) in [5.41, 5.74) is 0.288. The third kappa shape index (κ3) is 1.59. The Balaban J connectivity index is 2.22. The van der Waals surface area contributed by atoms with Crippen LogP contribution in [0.2, 0.25) is 0 Å². The molecule has 1 aromatic heterocycles. The highest BCUT2D eigenvalue weighted by molar-refractivity contribution is 5.16. The number of hydrogen-bond acceptors (Lipinski definition) is 3. The summed E-state index contributed by atoms with van der Waals surface area (Å²) in [6.07, 6.45) is 5.20. The van der Waals surface area contributed by atoms with Gasteiger partial charge < -0.3 is 10.4 Å². The van der Waals surface area contributed by atoms with Gasteiger partial charge in [-0.3, -0.25) is 4.68 Å². The average Bonchev–Trinajstić information content (AvgIpc) is 2.54. The summed E-state index contributed by atoms with van der Waals surface area (Å²) in [4.78, 5) is 0. The Morgan fingerprint density at radius 1 is 1.54 bits per heavy atom. The first-order chi connectivity index (χ1) is 6.21. The van der Waals surface area contributed by atoms with Crippen molar-refractivity contribution in [3.8, 4) is 0 Å². The number of rotatable bonds is 1. The van der Waals surface area contributed by atoms with Crippen LogP contribution in [0.1, 0.15) is 18.4 Å². The van der Waals surface area contributed by atoms with Gasteiger partial charge in [-0.15, -0.1) is 0 Å². The molecular weight excluding hydrogens is 166 g/mol. The van der Waals surface area contributed by atoms with Gasteiger partial charge in [-0.1, -0.05) is 0 Å². The van der Waals surface area contributed by atoms with E-state index in [1.54, 1.807) is 10.9 Å². The van der Waals surface area contributed by atoms with Gasteiger partial charge >= 0.3 is 0 Å². The zero-order valence-corrected chi connectivity index (χ0v) is 7.82. The van der Waals surface area contributed by atoms with Crippen LogP contribution in [0.15, 0.2) is 12.4 Å². The zero-order valence-electron chi connectivity index (χ0n) is 7.82. The zero-order chi connectivity index (χ0) is 9.31. The molecular formula is C9H15N3O. The van der Waals surface area contributed by atoms with Crippen molar-refractivity contribution < 1.29 is 5.11 Å². The maximum absolute atomic E-state index is 10.3. The third-order valence-corrected chi connectivity index (χ3v) is 2.67. The van der Waals surface area contributed by atoms with E-state index in [0.29, 0.717) is 0 Å². The molecule has 0 saturated carbocycles. The second-order valence-electron chi connectivity index (χ2n) is 3.68. The van der Waals surface area contributed by atoms with E-state index in [2.05, 4.69) is 10.4 Å². The van der Waals surface area contributed by atoms with E-state index in [1.165, 1.54) is 0 Å². The lowest BCUT2D eigenvalue weighted by atomic mass is 9.87. The first-order valence-electron chi connectivity index (χ1n) is 4.63. The minimum absolute atomic E-state index is 0.653. The van der Waals surface area contributed by atoms with E-state index >= 15 is 0 Å². The molecule has 0 aromatic carbocycles. The van der Waals surface area contributed by atoms with Gasteiger partial charge in [0.15, 0.2) is 0 Å². The van der Waals surface area contributed by atoms with Crippen LogP contribution >= 0.6 is 0 Å². The number of aromatic nitrogens is 2. The van der Waals surface area contributed by atoms with E-state index in [-0.39, 0.29) is 0 Å². The molecule has 72 valence electrons. The smallest absolute Gasteiger partial charge is 0.0951 e. The molecule has 0 atom stereocenters. The largest absolute Gasteiger partial charge is 0.385 e. The summed E-state index contributed by atoms with van der Waals surface area (Å²) in [6.45, 7) is 1.76. The Morgan fingerprint density at radius 3 is 2.77 bits per heavy atom. The maximum Gasteiger partial charge on any atom is 0.0951 e. The van der Waals surface area contributed by atoms with Crippen LogP contribution in [0.3, 0.4) is 0 Å². The number of aryl methyl sites for hydroxylation is 1. The predicted octanol–water partition coefficient (Wildman–Crippen LogP) is -0.00890. The molecule has 1 aliphatic heterocycles. The molecule has 4 nitrogen and oxygen atoms in total. The van der Waals surface area contributed by atoms with Crippen molar-refractivity contribution in [2.75, 3.05) is 13.1 Å². The van der Waals surface area contributed by atoms with E-state index < -0.39 is 5.60 Å². The van der Waals surface area contributed by atoms with Crippen molar-refractivity contribution in [3.05, 3.63) is 18.0 Å². The Morgan fingerprint density at radius 2 is 2.23 bits per heavy atom. The highest BCUT2D eigenvalue weighted by atomic mass is 16.3.